The molecule has 5 aromatic rings. The molecule has 5 aliphatic rings. The molecule has 312 valence electrons. The van der Waals surface area contributed by atoms with Gasteiger partial charge in [-0.25, -0.2) is 14.8 Å². The lowest BCUT2D eigenvalue weighted by molar-refractivity contribution is -0.134. The Kier molecular flexibility index (Phi) is 9.77. The number of anilines is 4. The van der Waals surface area contributed by atoms with Gasteiger partial charge in [-0.05, 0) is 74.9 Å². The van der Waals surface area contributed by atoms with Crippen LogP contribution in [0, 0.1) is 5.92 Å². The summed E-state index contributed by atoms with van der Waals surface area (Å²) in [4.78, 5) is 73.0. The monoisotopic (exact) mass is 814 g/mol. The van der Waals surface area contributed by atoms with Crippen molar-refractivity contribution in [3.8, 4) is 0 Å². The van der Waals surface area contributed by atoms with Crippen molar-refractivity contribution in [1.82, 2.24) is 40.1 Å². The molecule has 0 bridgehead atoms. The minimum Gasteiger partial charge on any atom is -0.369 e. The van der Waals surface area contributed by atoms with Crippen LogP contribution in [0.25, 0.3) is 21.9 Å². The summed E-state index contributed by atoms with van der Waals surface area (Å²) in [5.74, 6) is 0.265. The van der Waals surface area contributed by atoms with Crippen LogP contribution >= 0.6 is 0 Å². The van der Waals surface area contributed by atoms with Crippen molar-refractivity contribution in [2.24, 2.45) is 11.7 Å². The standard InChI is InChI=1S/C43H50N12O5/c1-51-17-18-55(43(51)59)29-3-2-14-53(24-29)34-20-46-39(40(44)57)41(48-34)47-28-6-4-26(5-7-28)27-11-15-52(16-12-27)21-25-22-54(23-25)32-19-33-36(30-10-13-45-37(30)32)38(50-60-33)31-8-9-35(56)49-42(31)58/h4-7,10,13,19-20,25,27,29,31,45H,2-3,8-9,11-12,14-18,21-24H2,1H3,(H2,44,57)(H,47,48)(H,49,56,58)/t29-,31?/m1/s1. The van der Waals surface area contributed by atoms with Gasteiger partial charge in [0.25, 0.3) is 5.91 Å². The van der Waals surface area contributed by atoms with Crippen molar-refractivity contribution >= 4 is 68.6 Å². The molecule has 0 saturated carbocycles. The third-order valence-electron chi connectivity index (χ3n) is 13.3. The van der Waals surface area contributed by atoms with Gasteiger partial charge in [-0.3, -0.25) is 19.7 Å². The van der Waals surface area contributed by atoms with Gasteiger partial charge in [0.05, 0.1) is 34.7 Å². The van der Waals surface area contributed by atoms with Crippen molar-refractivity contribution in [2.75, 3.05) is 81.1 Å². The molecule has 8 heterocycles. The second-order valence-corrected chi connectivity index (χ2v) is 17.1. The third kappa shape index (κ3) is 7.03. The maximum absolute atomic E-state index is 12.7. The van der Waals surface area contributed by atoms with E-state index >= 15 is 0 Å². The lowest BCUT2D eigenvalue weighted by Gasteiger charge is -2.44. The van der Waals surface area contributed by atoms with Crippen LogP contribution in [-0.2, 0) is 9.59 Å². The molecule has 5 amide bonds. The molecule has 17 nitrogen and oxygen atoms in total. The zero-order valence-electron chi connectivity index (χ0n) is 33.7. The molecule has 0 radical (unpaired) electrons. The number of H-pyrrole nitrogens is 1. The summed E-state index contributed by atoms with van der Waals surface area (Å²) in [5, 5.41) is 11.9. The van der Waals surface area contributed by atoms with E-state index < -0.39 is 11.8 Å². The molecule has 5 aliphatic heterocycles. The quantitative estimate of drug-likeness (QED) is 0.147. The molecule has 0 spiro atoms. The molecule has 3 aromatic heterocycles. The highest BCUT2D eigenvalue weighted by Crippen LogP contribution is 2.41. The SMILES string of the molecule is CN1CCN([C@@H]2CCCN(c3cnc(C(N)=O)c(Nc4ccc(C5CCN(CC6CN(c7cc8onc(C9CCC(=O)NC9=O)c8c8cc[nH]c78)C6)CC5)cc4)n3)C2)C1=O. The lowest BCUT2D eigenvalue weighted by atomic mass is 9.88. The Morgan fingerprint density at radius 2 is 1.78 bits per heavy atom. The van der Waals surface area contributed by atoms with Crippen LogP contribution in [0.2, 0.25) is 0 Å². The van der Waals surface area contributed by atoms with Gasteiger partial charge in [-0.15, -0.1) is 0 Å². The van der Waals surface area contributed by atoms with Crippen molar-refractivity contribution in [2.45, 2.75) is 56.4 Å². The maximum Gasteiger partial charge on any atom is 0.320 e. The third-order valence-corrected chi connectivity index (χ3v) is 13.3. The largest absolute Gasteiger partial charge is 0.369 e. The number of primary amides is 1. The van der Waals surface area contributed by atoms with E-state index in [1.165, 1.54) is 5.56 Å². The lowest BCUT2D eigenvalue weighted by Crippen LogP contribution is -2.52. The Morgan fingerprint density at radius 3 is 2.53 bits per heavy atom. The molecule has 5 saturated heterocycles. The first-order valence-corrected chi connectivity index (χ1v) is 21.2. The molecule has 2 atom stereocenters. The van der Waals surface area contributed by atoms with Gasteiger partial charge in [-0.1, -0.05) is 17.3 Å². The number of piperidine rings is 3. The number of carbonyl (C=O) groups excluding carboxylic acids is 4. The van der Waals surface area contributed by atoms with Crippen LogP contribution in [0.5, 0.6) is 0 Å². The van der Waals surface area contributed by atoms with Gasteiger partial charge >= 0.3 is 6.03 Å². The number of imide groups is 1. The fourth-order valence-corrected chi connectivity index (χ4v) is 10.0. The number of rotatable bonds is 10. The number of nitrogens with zero attached hydrogens (tertiary/aromatic N) is 8. The van der Waals surface area contributed by atoms with Crippen LogP contribution in [0.15, 0.2) is 53.3 Å². The first-order valence-electron chi connectivity index (χ1n) is 21.2. The summed E-state index contributed by atoms with van der Waals surface area (Å²) in [6, 6.07) is 12.6. The van der Waals surface area contributed by atoms with Gasteiger partial charge in [-0.2, -0.15) is 0 Å². The van der Waals surface area contributed by atoms with Gasteiger partial charge < -0.3 is 45.1 Å². The molecule has 5 N–H and O–H groups in total. The molecule has 1 unspecified atom stereocenters. The summed E-state index contributed by atoms with van der Waals surface area (Å²) >= 11 is 0. The number of likely N-dealkylation sites (N-methyl/N-ethyl adjacent to an activating group) is 1. The number of urea groups is 1. The van der Waals surface area contributed by atoms with Crippen LogP contribution in [0.3, 0.4) is 0 Å². The number of nitrogens with two attached hydrogens (primary N) is 1. The second-order valence-electron chi connectivity index (χ2n) is 17.1. The molecular weight excluding hydrogens is 765 g/mol. The first kappa shape index (κ1) is 38.0. The summed E-state index contributed by atoms with van der Waals surface area (Å²) < 4.78 is 5.80. The topological polar surface area (TPSA) is 202 Å². The Bertz CT molecular complexity index is 2470. The predicted octanol–water partition coefficient (Wildman–Crippen LogP) is 4.11. The zero-order valence-corrected chi connectivity index (χ0v) is 33.7. The van der Waals surface area contributed by atoms with Crippen LogP contribution in [0.1, 0.15) is 72.1 Å². The number of benzene rings is 2. The van der Waals surface area contributed by atoms with Crippen molar-refractivity contribution in [1.29, 1.82) is 0 Å². The molecule has 17 heteroatoms. The fourth-order valence-electron chi connectivity index (χ4n) is 10.0. The fraction of sp³-hybridized carbons (Fsp3) is 0.465. The van der Waals surface area contributed by atoms with Crippen molar-refractivity contribution in [3.63, 3.8) is 0 Å². The number of hydrogen-bond acceptors (Lipinski definition) is 12. The number of carbonyl (C=O) groups is 4. The number of aromatic nitrogens is 4. The second kappa shape index (κ2) is 15.4. The Labute approximate surface area is 346 Å². The minimum atomic E-state index is -0.648. The average molecular weight is 815 g/mol. The average Bonchev–Trinajstić information content (AvgIpc) is 3.98. The van der Waals surface area contributed by atoms with Crippen LogP contribution < -0.4 is 26.2 Å². The van der Waals surface area contributed by atoms with E-state index in [-0.39, 0.29) is 36.0 Å². The highest BCUT2D eigenvalue weighted by Gasteiger charge is 2.37. The van der Waals surface area contributed by atoms with Crippen molar-refractivity contribution in [3.05, 3.63) is 65.7 Å². The van der Waals surface area contributed by atoms with E-state index in [9.17, 15) is 19.2 Å². The smallest absolute Gasteiger partial charge is 0.320 e. The number of likely N-dealkylation sites (tertiary alicyclic amines) is 1. The summed E-state index contributed by atoms with van der Waals surface area (Å²) in [5.41, 5.74) is 11.2. The molecule has 10 rings (SSSR count). The van der Waals surface area contributed by atoms with Gasteiger partial charge in [0, 0.05) is 88.5 Å². The molecule has 0 aliphatic carbocycles. The summed E-state index contributed by atoms with van der Waals surface area (Å²) in [6.07, 6.45) is 8.27. The number of amides is 5. The van der Waals surface area contributed by atoms with E-state index in [0.717, 1.165) is 106 Å². The van der Waals surface area contributed by atoms with E-state index in [1.807, 2.05) is 42.4 Å². The predicted molar refractivity (Wildman–Crippen MR) is 225 cm³/mol. The van der Waals surface area contributed by atoms with Gasteiger partial charge in [0.1, 0.15) is 11.5 Å². The Balaban J connectivity index is 0.735. The summed E-state index contributed by atoms with van der Waals surface area (Å²) in [7, 11) is 1.84. The molecule has 5 fully saturated rings. The maximum atomic E-state index is 12.7. The van der Waals surface area contributed by atoms with Crippen LogP contribution in [0.4, 0.5) is 27.8 Å². The highest BCUT2D eigenvalue weighted by atomic mass is 16.5. The molecule has 2 aromatic carbocycles. The Morgan fingerprint density at radius 1 is 0.967 bits per heavy atom. The van der Waals surface area contributed by atoms with Gasteiger partial charge in [0.15, 0.2) is 17.1 Å². The number of fused-ring (bicyclic) bond motifs is 3. The highest BCUT2D eigenvalue weighted by molar-refractivity contribution is 6.13. The number of hydrogen-bond donors (Lipinski definition) is 4. The Hall–Kier alpha value is -6.23. The minimum absolute atomic E-state index is 0.0686. The number of aromatic amines is 1. The molecule has 60 heavy (non-hydrogen) atoms. The summed E-state index contributed by atoms with van der Waals surface area (Å²) in [6.45, 7) is 7.94. The van der Waals surface area contributed by atoms with E-state index in [2.05, 4.69) is 52.6 Å². The van der Waals surface area contributed by atoms with Gasteiger partial charge in [0.2, 0.25) is 11.8 Å². The normalized spacial score (nSPS) is 22.2. The van der Waals surface area contributed by atoms with E-state index in [1.54, 1.807) is 11.1 Å². The number of nitrogens with one attached hydrogen (secondary N) is 3. The first-order chi connectivity index (χ1) is 29.2. The van der Waals surface area contributed by atoms with Crippen molar-refractivity contribution < 1.29 is 23.7 Å². The van der Waals surface area contributed by atoms with Crippen LogP contribution in [-0.4, -0.2) is 131 Å². The van der Waals surface area contributed by atoms with E-state index in [0.29, 0.717) is 47.7 Å². The zero-order chi connectivity index (χ0) is 41.1. The molecular formula is C43H50N12O5. The van der Waals surface area contributed by atoms with E-state index in [4.69, 9.17) is 15.2 Å².